The van der Waals surface area contributed by atoms with E-state index in [1.54, 1.807) is 19.3 Å². The van der Waals surface area contributed by atoms with Gasteiger partial charge in [-0.3, -0.25) is 9.20 Å². The van der Waals surface area contributed by atoms with Gasteiger partial charge in [-0.25, -0.2) is 15.0 Å². The van der Waals surface area contributed by atoms with Crippen LogP contribution in [0, 0.1) is 0 Å². The number of carbonyl (C=O) groups is 1. The number of amides is 1. The maximum Gasteiger partial charge on any atom is 0.254 e. The smallest absolute Gasteiger partial charge is 0.254 e. The van der Waals surface area contributed by atoms with Gasteiger partial charge in [0.05, 0.1) is 22.8 Å². The molecule has 3 aromatic heterocycles. The van der Waals surface area contributed by atoms with E-state index >= 15 is 0 Å². The fourth-order valence-corrected chi connectivity index (χ4v) is 4.01. The number of nitrogens with one attached hydrogen (secondary N) is 2. The van der Waals surface area contributed by atoms with E-state index in [-0.39, 0.29) is 5.91 Å². The van der Waals surface area contributed by atoms with Gasteiger partial charge in [-0.05, 0) is 44.1 Å². The molecule has 4 aromatic rings. The summed E-state index contributed by atoms with van der Waals surface area (Å²) in [6.07, 6.45) is 4.30. The molecule has 1 amide bonds. The van der Waals surface area contributed by atoms with E-state index in [1.165, 1.54) is 25.9 Å². The van der Waals surface area contributed by atoms with Crippen molar-refractivity contribution in [1.29, 1.82) is 0 Å². The number of anilines is 1. The molecule has 0 atom stereocenters. The second kappa shape index (κ2) is 7.29. The molecule has 5 rings (SSSR count). The van der Waals surface area contributed by atoms with Crippen molar-refractivity contribution in [2.45, 2.75) is 12.8 Å². The van der Waals surface area contributed by atoms with Crippen molar-refractivity contribution in [2.75, 3.05) is 38.5 Å². The average molecular weight is 389 g/mol. The summed E-state index contributed by atoms with van der Waals surface area (Å²) in [5, 5.41) is 6.08. The fraction of sp³-hybridized carbons (Fsp3) is 0.333. The highest BCUT2D eigenvalue weighted by Gasteiger charge is 2.18. The molecule has 1 aliphatic heterocycles. The standard InChI is InChI=1S/C21H23N7O/c1-22-21(29)14-12-16-20(28-17-7-3-2-6-15(17)25-19(14)28)26-18(13-24-16)23-8-11-27-9-4-5-10-27/h2-3,6-7,12-13H,4-5,8-11H2,1H3,(H,22,29)(H,23,26). The number of rotatable bonds is 5. The van der Waals surface area contributed by atoms with Crippen LogP contribution in [0.3, 0.4) is 0 Å². The summed E-state index contributed by atoms with van der Waals surface area (Å²) in [4.78, 5) is 29.0. The van der Waals surface area contributed by atoms with Crippen molar-refractivity contribution >= 4 is 39.6 Å². The molecule has 0 unspecified atom stereocenters. The number of hydrogen-bond donors (Lipinski definition) is 2. The molecule has 0 aliphatic carbocycles. The summed E-state index contributed by atoms with van der Waals surface area (Å²) in [5.74, 6) is 0.533. The number of imidazole rings is 1. The Morgan fingerprint density at radius 3 is 2.76 bits per heavy atom. The molecule has 8 nitrogen and oxygen atoms in total. The molecule has 1 fully saturated rings. The molecule has 1 saturated heterocycles. The first kappa shape index (κ1) is 17.8. The summed E-state index contributed by atoms with van der Waals surface area (Å²) >= 11 is 0. The minimum atomic E-state index is -0.193. The van der Waals surface area contributed by atoms with Crippen molar-refractivity contribution in [1.82, 2.24) is 29.6 Å². The number of benzene rings is 1. The van der Waals surface area contributed by atoms with Gasteiger partial charge in [0, 0.05) is 20.1 Å². The van der Waals surface area contributed by atoms with Crippen LogP contribution in [0.1, 0.15) is 23.2 Å². The van der Waals surface area contributed by atoms with Gasteiger partial charge in [-0.15, -0.1) is 0 Å². The second-order valence-electron chi connectivity index (χ2n) is 7.34. The van der Waals surface area contributed by atoms with Gasteiger partial charge < -0.3 is 15.5 Å². The number of hydrogen-bond acceptors (Lipinski definition) is 6. The Labute approximate surface area is 168 Å². The zero-order valence-corrected chi connectivity index (χ0v) is 16.4. The molecule has 4 heterocycles. The van der Waals surface area contributed by atoms with Gasteiger partial charge in [-0.1, -0.05) is 12.1 Å². The Balaban J connectivity index is 1.60. The van der Waals surface area contributed by atoms with E-state index in [1.807, 2.05) is 28.7 Å². The van der Waals surface area contributed by atoms with Gasteiger partial charge in [-0.2, -0.15) is 0 Å². The number of para-hydroxylation sites is 2. The van der Waals surface area contributed by atoms with Crippen LogP contribution >= 0.6 is 0 Å². The van der Waals surface area contributed by atoms with Crippen molar-refractivity contribution in [3.05, 3.63) is 42.1 Å². The maximum absolute atomic E-state index is 12.5. The largest absolute Gasteiger partial charge is 0.367 e. The summed E-state index contributed by atoms with van der Waals surface area (Å²) in [6, 6.07) is 9.58. The van der Waals surface area contributed by atoms with Crippen LogP contribution < -0.4 is 10.6 Å². The van der Waals surface area contributed by atoms with Crippen molar-refractivity contribution in [3.63, 3.8) is 0 Å². The zero-order chi connectivity index (χ0) is 19.8. The minimum Gasteiger partial charge on any atom is -0.367 e. The van der Waals surface area contributed by atoms with Crippen LogP contribution in [0.5, 0.6) is 0 Å². The zero-order valence-electron chi connectivity index (χ0n) is 16.4. The maximum atomic E-state index is 12.5. The third-order valence-corrected chi connectivity index (χ3v) is 5.48. The van der Waals surface area contributed by atoms with Crippen LogP contribution in [0.4, 0.5) is 5.82 Å². The summed E-state index contributed by atoms with van der Waals surface area (Å²) in [7, 11) is 1.62. The molecule has 1 aromatic carbocycles. The second-order valence-corrected chi connectivity index (χ2v) is 7.34. The fourth-order valence-electron chi connectivity index (χ4n) is 4.01. The SMILES string of the molecule is CNC(=O)c1cc2ncc(NCCN3CCCC3)nc2n2c1nc1ccccc12. The first-order valence-electron chi connectivity index (χ1n) is 10.00. The molecule has 2 N–H and O–H groups in total. The molecule has 29 heavy (non-hydrogen) atoms. The van der Waals surface area contributed by atoms with Crippen LogP contribution in [0.25, 0.3) is 27.8 Å². The predicted molar refractivity (Wildman–Crippen MR) is 113 cm³/mol. The van der Waals surface area contributed by atoms with Crippen molar-refractivity contribution in [2.24, 2.45) is 0 Å². The Kier molecular flexibility index (Phi) is 4.48. The molecule has 1 aliphatic rings. The van der Waals surface area contributed by atoms with E-state index in [0.717, 1.165) is 29.9 Å². The number of carbonyl (C=O) groups excluding carboxylic acids is 1. The lowest BCUT2D eigenvalue weighted by molar-refractivity contribution is 0.0964. The van der Waals surface area contributed by atoms with Gasteiger partial charge in [0.25, 0.3) is 5.91 Å². The lowest BCUT2D eigenvalue weighted by Gasteiger charge is -2.15. The Morgan fingerprint density at radius 1 is 1.10 bits per heavy atom. The van der Waals surface area contributed by atoms with E-state index in [0.29, 0.717) is 22.4 Å². The Hall–Kier alpha value is -3.26. The van der Waals surface area contributed by atoms with Gasteiger partial charge >= 0.3 is 0 Å². The van der Waals surface area contributed by atoms with Crippen molar-refractivity contribution < 1.29 is 4.79 Å². The van der Waals surface area contributed by atoms with Crippen LogP contribution in [0.2, 0.25) is 0 Å². The highest BCUT2D eigenvalue weighted by Crippen LogP contribution is 2.25. The van der Waals surface area contributed by atoms with Crippen LogP contribution in [0.15, 0.2) is 36.5 Å². The minimum absolute atomic E-state index is 0.193. The quantitative estimate of drug-likeness (QED) is 0.545. The average Bonchev–Trinajstić information content (AvgIpc) is 3.40. The highest BCUT2D eigenvalue weighted by molar-refractivity contribution is 6.04. The number of likely N-dealkylation sites (tertiary alicyclic amines) is 1. The molecular formula is C21H23N7O. The number of fused-ring (bicyclic) bond motifs is 5. The highest BCUT2D eigenvalue weighted by atomic mass is 16.1. The predicted octanol–water partition coefficient (Wildman–Crippen LogP) is 2.30. The number of nitrogens with zero attached hydrogens (tertiary/aromatic N) is 5. The molecular weight excluding hydrogens is 366 g/mol. The van der Waals surface area contributed by atoms with Crippen molar-refractivity contribution in [3.8, 4) is 0 Å². The number of pyridine rings is 1. The van der Waals surface area contributed by atoms with E-state index < -0.39 is 0 Å². The van der Waals surface area contributed by atoms with Gasteiger partial charge in [0.1, 0.15) is 11.3 Å². The lowest BCUT2D eigenvalue weighted by atomic mass is 10.2. The first-order valence-corrected chi connectivity index (χ1v) is 10.00. The molecule has 0 spiro atoms. The third kappa shape index (κ3) is 3.15. The summed E-state index contributed by atoms with van der Waals surface area (Å²) < 4.78 is 1.92. The van der Waals surface area contributed by atoms with E-state index in [4.69, 9.17) is 4.98 Å². The monoisotopic (exact) mass is 389 g/mol. The third-order valence-electron chi connectivity index (χ3n) is 5.48. The lowest BCUT2D eigenvalue weighted by Crippen LogP contribution is -2.26. The van der Waals surface area contributed by atoms with Gasteiger partial charge in [0.2, 0.25) is 0 Å². The summed E-state index contributed by atoms with van der Waals surface area (Å²) in [5.41, 5.74) is 4.14. The van der Waals surface area contributed by atoms with E-state index in [9.17, 15) is 4.79 Å². The summed E-state index contributed by atoms with van der Waals surface area (Å²) in [6.45, 7) is 4.17. The molecule has 0 bridgehead atoms. The molecule has 148 valence electrons. The van der Waals surface area contributed by atoms with Crippen LogP contribution in [-0.2, 0) is 0 Å². The Morgan fingerprint density at radius 2 is 1.93 bits per heavy atom. The topological polar surface area (TPSA) is 87.5 Å². The van der Waals surface area contributed by atoms with E-state index in [2.05, 4.69) is 25.5 Å². The number of aromatic nitrogens is 4. The van der Waals surface area contributed by atoms with Crippen LogP contribution in [-0.4, -0.2) is 63.4 Å². The molecule has 8 heteroatoms. The van der Waals surface area contributed by atoms with Gasteiger partial charge in [0.15, 0.2) is 11.3 Å². The Bertz CT molecular complexity index is 1210. The molecule has 0 radical (unpaired) electrons. The normalized spacial score (nSPS) is 14.8. The first-order chi connectivity index (χ1) is 14.2. The molecule has 0 saturated carbocycles.